The van der Waals surface area contributed by atoms with Crippen LogP contribution < -0.4 is 9.46 Å². The number of aromatic nitrogens is 1. The van der Waals surface area contributed by atoms with Crippen molar-refractivity contribution >= 4 is 31.8 Å². The summed E-state index contributed by atoms with van der Waals surface area (Å²) in [4.78, 5) is -0.295. The van der Waals surface area contributed by atoms with Gasteiger partial charge in [-0.3, -0.25) is 4.72 Å². The second kappa shape index (κ2) is 6.30. The van der Waals surface area contributed by atoms with Crippen LogP contribution in [0.4, 0.5) is 10.2 Å². The van der Waals surface area contributed by atoms with Gasteiger partial charge in [-0.1, -0.05) is 33.2 Å². The molecule has 1 fully saturated rings. The summed E-state index contributed by atoms with van der Waals surface area (Å²) in [5.41, 5.74) is 2.82. The standard InChI is InChI=1S/C20H16BrFN2O4S/c1-27-18-15(22)3-2-4-16(18)29(25,26)24-19-13-10-20(7-8-20)14-6-5-11(21)9-12(14)17(13)28-23-19/h2-6,9H,7-8,10H2,1H3,(H,23,24). The van der Waals surface area contributed by atoms with E-state index in [-0.39, 0.29) is 21.9 Å². The first-order chi connectivity index (χ1) is 13.8. The lowest BCUT2D eigenvalue weighted by molar-refractivity contribution is 0.374. The molecule has 1 heterocycles. The van der Waals surface area contributed by atoms with Crippen molar-refractivity contribution in [2.75, 3.05) is 11.8 Å². The van der Waals surface area contributed by atoms with Crippen LogP contribution in [0.1, 0.15) is 24.0 Å². The average molecular weight is 479 g/mol. The molecule has 9 heteroatoms. The normalized spacial score (nSPS) is 16.2. The number of sulfonamides is 1. The molecule has 0 radical (unpaired) electrons. The molecule has 5 rings (SSSR count). The van der Waals surface area contributed by atoms with Crippen LogP contribution in [-0.4, -0.2) is 20.7 Å². The zero-order chi connectivity index (χ0) is 20.4. The third kappa shape index (κ3) is 2.86. The van der Waals surface area contributed by atoms with E-state index < -0.39 is 15.8 Å². The summed E-state index contributed by atoms with van der Waals surface area (Å²) in [6.07, 6.45) is 2.69. The summed E-state index contributed by atoms with van der Waals surface area (Å²) >= 11 is 3.49. The van der Waals surface area contributed by atoms with E-state index in [0.29, 0.717) is 17.7 Å². The molecular formula is C20H16BrFN2O4S. The van der Waals surface area contributed by atoms with Crippen LogP contribution in [0.3, 0.4) is 0 Å². The minimum Gasteiger partial charge on any atom is -0.492 e. The van der Waals surface area contributed by atoms with Gasteiger partial charge in [-0.2, -0.15) is 0 Å². The molecule has 6 nitrogen and oxygen atoms in total. The fraction of sp³-hybridized carbons (Fsp3) is 0.250. The van der Waals surface area contributed by atoms with Gasteiger partial charge in [0.15, 0.2) is 23.1 Å². The summed E-state index contributed by atoms with van der Waals surface area (Å²) in [6, 6.07) is 9.79. The van der Waals surface area contributed by atoms with Crippen molar-refractivity contribution in [3.05, 3.63) is 57.8 Å². The highest BCUT2D eigenvalue weighted by Crippen LogP contribution is 2.58. The van der Waals surface area contributed by atoms with Crippen LogP contribution in [0.2, 0.25) is 0 Å². The number of methoxy groups -OCH3 is 1. The summed E-state index contributed by atoms with van der Waals surface area (Å²) in [5, 5.41) is 3.99. The van der Waals surface area contributed by atoms with Gasteiger partial charge >= 0.3 is 0 Å². The lowest BCUT2D eigenvalue weighted by Crippen LogP contribution is -2.20. The smallest absolute Gasteiger partial charge is 0.266 e. The second-order valence-electron chi connectivity index (χ2n) is 7.36. The molecule has 2 aliphatic carbocycles. The molecule has 1 N–H and O–H groups in total. The lowest BCUT2D eigenvalue weighted by Gasteiger charge is -2.24. The molecule has 150 valence electrons. The van der Waals surface area contributed by atoms with Crippen LogP contribution in [0.15, 0.2) is 50.3 Å². The van der Waals surface area contributed by atoms with Crippen LogP contribution in [0, 0.1) is 5.82 Å². The Hall–Kier alpha value is -2.39. The third-order valence-corrected chi connectivity index (χ3v) is 7.47. The quantitative estimate of drug-likeness (QED) is 0.590. The molecule has 3 aromatic rings. The second-order valence-corrected chi connectivity index (χ2v) is 9.93. The van der Waals surface area contributed by atoms with E-state index >= 15 is 0 Å². The van der Waals surface area contributed by atoms with Crippen molar-refractivity contribution in [2.24, 2.45) is 0 Å². The molecule has 0 aliphatic heterocycles. The Balaban J connectivity index is 1.59. The maximum absolute atomic E-state index is 14.0. The van der Waals surface area contributed by atoms with Crippen LogP contribution in [0.25, 0.3) is 11.3 Å². The van der Waals surface area contributed by atoms with Gasteiger partial charge in [-0.25, -0.2) is 12.8 Å². The van der Waals surface area contributed by atoms with E-state index in [4.69, 9.17) is 9.26 Å². The van der Waals surface area contributed by atoms with Gasteiger partial charge in [-0.05, 0) is 49.1 Å². The van der Waals surface area contributed by atoms with Crippen LogP contribution in [0.5, 0.6) is 5.75 Å². The predicted molar refractivity (Wildman–Crippen MR) is 108 cm³/mol. The number of rotatable bonds is 4. The number of ether oxygens (including phenoxy) is 1. The average Bonchev–Trinajstić information content (AvgIpc) is 3.35. The van der Waals surface area contributed by atoms with Crippen molar-refractivity contribution < 1.29 is 22.1 Å². The van der Waals surface area contributed by atoms with Crippen molar-refractivity contribution in [1.29, 1.82) is 0 Å². The van der Waals surface area contributed by atoms with Crippen molar-refractivity contribution in [2.45, 2.75) is 29.6 Å². The van der Waals surface area contributed by atoms with Crippen molar-refractivity contribution in [3.63, 3.8) is 0 Å². The Kier molecular flexibility index (Phi) is 4.05. The molecular weight excluding hydrogens is 463 g/mol. The summed E-state index contributed by atoms with van der Waals surface area (Å²) in [5.74, 6) is -0.412. The highest BCUT2D eigenvalue weighted by atomic mass is 79.9. The predicted octanol–water partition coefficient (Wildman–Crippen LogP) is 4.64. The number of benzene rings is 2. The highest BCUT2D eigenvalue weighted by Gasteiger charge is 2.50. The molecule has 2 aliphatic rings. The number of nitrogens with one attached hydrogen (secondary N) is 1. The van der Waals surface area contributed by atoms with E-state index in [2.05, 4.69) is 31.9 Å². The first kappa shape index (κ1) is 18.6. The van der Waals surface area contributed by atoms with Crippen molar-refractivity contribution in [1.82, 2.24) is 5.16 Å². The lowest BCUT2D eigenvalue weighted by atomic mass is 9.79. The first-order valence-electron chi connectivity index (χ1n) is 8.99. The first-order valence-corrected chi connectivity index (χ1v) is 11.3. The zero-order valence-corrected chi connectivity index (χ0v) is 17.7. The van der Waals surface area contributed by atoms with E-state index in [9.17, 15) is 12.8 Å². The minimum absolute atomic E-state index is 0.00861. The maximum atomic E-state index is 14.0. The van der Waals surface area contributed by atoms with Gasteiger partial charge in [0.25, 0.3) is 10.0 Å². The van der Waals surface area contributed by atoms with Crippen molar-refractivity contribution in [3.8, 4) is 17.1 Å². The van der Waals surface area contributed by atoms with Gasteiger partial charge in [0, 0.05) is 21.0 Å². The van der Waals surface area contributed by atoms with Gasteiger partial charge in [0.1, 0.15) is 4.90 Å². The monoisotopic (exact) mass is 478 g/mol. The molecule has 0 atom stereocenters. The third-order valence-electron chi connectivity index (χ3n) is 5.61. The van der Waals surface area contributed by atoms with E-state index in [1.54, 1.807) is 0 Å². The Morgan fingerprint density at radius 2 is 2.07 bits per heavy atom. The maximum Gasteiger partial charge on any atom is 0.266 e. The zero-order valence-electron chi connectivity index (χ0n) is 15.3. The molecule has 1 spiro atoms. The fourth-order valence-electron chi connectivity index (χ4n) is 4.04. The van der Waals surface area contributed by atoms with Gasteiger partial charge in [0.2, 0.25) is 0 Å². The Labute approximate surface area is 175 Å². The number of fused-ring (bicyclic) bond motifs is 4. The number of anilines is 1. The molecule has 1 aromatic heterocycles. The topological polar surface area (TPSA) is 81.4 Å². The molecule has 2 aromatic carbocycles. The SMILES string of the molecule is COc1c(F)cccc1S(=O)(=O)Nc1noc2c1CC1(CC1)c1ccc(Br)cc1-2. The number of hydrogen-bond acceptors (Lipinski definition) is 5. The van der Waals surface area contributed by atoms with Gasteiger partial charge in [-0.15, -0.1) is 0 Å². The number of nitrogens with zero attached hydrogens (tertiary/aromatic N) is 1. The van der Waals surface area contributed by atoms with E-state index in [0.717, 1.165) is 28.9 Å². The van der Waals surface area contributed by atoms with Gasteiger partial charge < -0.3 is 9.26 Å². The Bertz CT molecular complexity index is 1250. The fourth-order valence-corrected chi connectivity index (χ4v) is 5.61. The number of halogens is 2. The summed E-state index contributed by atoms with van der Waals surface area (Å²) in [7, 11) is -2.91. The summed E-state index contributed by atoms with van der Waals surface area (Å²) in [6.45, 7) is 0. The largest absolute Gasteiger partial charge is 0.492 e. The minimum atomic E-state index is -4.13. The molecule has 0 unspecified atom stereocenters. The van der Waals surface area contributed by atoms with E-state index in [1.165, 1.54) is 24.8 Å². The van der Waals surface area contributed by atoms with Crippen LogP contribution >= 0.6 is 15.9 Å². The number of para-hydroxylation sites is 1. The molecule has 0 amide bonds. The highest BCUT2D eigenvalue weighted by molar-refractivity contribution is 9.10. The molecule has 0 saturated heterocycles. The Morgan fingerprint density at radius 1 is 1.28 bits per heavy atom. The Morgan fingerprint density at radius 3 is 2.79 bits per heavy atom. The van der Waals surface area contributed by atoms with Crippen LogP contribution in [-0.2, 0) is 21.9 Å². The molecule has 0 bridgehead atoms. The molecule has 29 heavy (non-hydrogen) atoms. The van der Waals surface area contributed by atoms with Gasteiger partial charge in [0.05, 0.1) is 7.11 Å². The molecule has 1 saturated carbocycles. The van der Waals surface area contributed by atoms with E-state index in [1.807, 2.05) is 12.1 Å². The summed E-state index contributed by atoms with van der Waals surface area (Å²) < 4.78 is 53.8. The number of hydrogen-bond donors (Lipinski definition) is 1.